The van der Waals surface area contributed by atoms with Gasteiger partial charge in [-0.1, -0.05) is 6.42 Å². The number of carbonyl (C=O) groups is 1. The molecule has 0 aromatic heterocycles. The third-order valence-corrected chi connectivity index (χ3v) is 3.93. The molecule has 0 spiro atoms. The zero-order valence-electron chi connectivity index (χ0n) is 10.5. The van der Waals surface area contributed by atoms with E-state index in [9.17, 15) is 4.79 Å². The Hall–Kier alpha value is -0.810. The molecule has 5 heteroatoms. The number of alkyl carbamates (subject to hydrolysis) is 1. The molecule has 1 saturated heterocycles. The minimum Gasteiger partial charge on any atom is -0.453 e. The third kappa shape index (κ3) is 3.33. The van der Waals surface area contributed by atoms with Crippen LogP contribution in [-0.4, -0.2) is 49.3 Å². The van der Waals surface area contributed by atoms with E-state index in [1.54, 1.807) is 0 Å². The van der Waals surface area contributed by atoms with Crippen LogP contribution in [0.2, 0.25) is 0 Å². The summed E-state index contributed by atoms with van der Waals surface area (Å²) in [5, 5.41) is 2.87. The smallest absolute Gasteiger partial charge is 0.407 e. The van der Waals surface area contributed by atoms with E-state index >= 15 is 0 Å². The Labute approximate surface area is 103 Å². The number of nitrogens with one attached hydrogen (secondary N) is 1. The van der Waals surface area contributed by atoms with Crippen LogP contribution in [0, 0.1) is 0 Å². The van der Waals surface area contributed by atoms with Gasteiger partial charge in [-0.2, -0.15) is 0 Å². The molecule has 5 nitrogen and oxygen atoms in total. The van der Waals surface area contributed by atoms with Crippen molar-refractivity contribution in [1.29, 1.82) is 0 Å². The molecule has 0 aromatic carbocycles. The number of hydrogen-bond donors (Lipinski definition) is 2. The molecule has 2 fully saturated rings. The van der Waals surface area contributed by atoms with Crippen LogP contribution in [0.25, 0.3) is 0 Å². The Balaban J connectivity index is 1.78. The van der Waals surface area contributed by atoms with Gasteiger partial charge in [0.2, 0.25) is 0 Å². The molecule has 1 aliphatic carbocycles. The van der Waals surface area contributed by atoms with Gasteiger partial charge in [0, 0.05) is 31.2 Å². The first-order valence-electron chi connectivity index (χ1n) is 6.53. The molecule has 3 unspecified atom stereocenters. The van der Waals surface area contributed by atoms with Gasteiger partial charge < -0.3 is 15.8 Å². The summed E-state index contributed by atoms with van der Waals surface area (Å²) in [6.07, 6.45) is 5.44. The van der Waals surface area contributed by atoms with Gasteiger partial charge in [-0.25, -0.2) is 4.79 Å². The van der Waals surface area contributed by atoms with Gasteiger partial charge in [-0.3, -0.25) is 4.90 Å². The Morgan fingerprint density at radius 3 is 2.94 bits per heavy atom. The van der Waals surface area contributed by atoms with Crippen molar-refractivity contribution in [3.8, 4) is 0 Å². The topological polar surface area (TPSA) is 67.6 Å². The molecule has 1 aliphatic heterocycles. The minimum absolute atomic E-state index is 0.237. The average molecular weight is 241 g/mol. The minimum atomic E-state index is -0.322. The van der Waals surface area contributed by atoms with Crippen molar-refractivity contribution < 1.29 is 9.53 Å². The van der Waals surface area contributed by atoms with E-state index < -0.39 is 0 Å². The lowest BCUT2D eigenvalue weighted by Gasteiger charge is -2.33. The lowest BCUT2D eigenvalue weighted by atomic mass is 9.91. The van der Waals surface area contributed by atoms with E-state index in [0.29, 0.717) is 12.1 Å². The summed E-state index contributed by atoms with van der Waals surface area (Å²) in [4.78, 5) is 13.6. The summed E-state index contributed by atoms with van der Waals surface area (Å²) >= 11 is 0. The largest absolute Gasteiger partial charge is 0.453 e. The average Bonchev–Trinajstić information content (AvgIpc) is 2.77. The van der Waals surface area contributed by atoms with Gasteiger partial charge in [0.15, 0.2) is 0 Å². The molecule has 1 heterocycles. The second kappa shape index (κ2) is 5.69. The highest BCUT2D eigenvalue weighted by Crippen LogP contribution is 2.25. The summed E-state index contributed by atoms with van der Waals surface area (Å²) < 4.78 is 4.62. The number of methoxy groups -OCH3 is 1. The van der Waals surface area contributed by atoms with Gasteiger partial charge in [0.25, 0.3) is 0 Å². The summed E-state index contributed by atoms with van der Waals surface area (Å²) in [5.41, 5.74) is 6.01. The van der Waals surface area contributed by atoms with E-state index in [1.807, 2.05) is 0 Å². The van der Waals surface area contributed by atoms with E-state index in [2.05, 4.69) is 15.0 Å². The second-order valence-corrected chi connectivity index (χ2v) is 5.20. The van der Waals surface area contributed by atoms with E-state index in [-0.39, 0.29) is 12.1 Å². The predicted octanol–water partition coefficient (Wildman–Crippen LogP) is 0.687. The van der Waals surface area contributed by atoms with Gasteiger partial charge >= 0.3 is 6.09 Å². The monoisotopic (exact) mass is 241 g/mol. The van der Waals surface area contributed by atoms with Crippen LogP contribution in [-0.2, 0) is 4.74 Å². The zero-order valence-corrected chi connectivity index (χ0v) is 10.5. The molecule has 3 N–H and O–H groups in total. The van der Waals surface area contributed by atoms with E-state index in [0.717, 1.165) is 32.4 Å². The maximum absolute atomic E-state index is 11.1. The van der Waals surface area contributed by atoms with Crippen LogP contribution in [0.1, 0.15) is 32.1 Å². The Bertz CT molecular complexity index is 272. The van der Waals surface area contributed by atoms with Gasteiger partial charge in [0.1, 0.15) is 0 Å². The van der Waals surface area contributed by atoms with Crippen LogP contribution >= 0.6 is 0 Å². The van der Waals surface area contributed by atoms with Crippen LogP contribution in [0.4, 0.5) is 4.79 Å². The maximum Gasteiger partial charge on any atom is 0.407 e. The predicted molar refractivity (Wildman–Crippen MR) is 65.8 cm³/mol. The van der Waals surface area contributed by atoms with Crippen molar-refractivity contribution in [2.45, 2.75) is 50.2 Å². The molecule has 17 heavy (non-hydrogen) atoms. The van der Waals surface area contributed by atoms with Crippen molar-refractivity contribution >= 4 is 6.09 Å². The van der Waals surface area contributed by atoms with Crippen molar-refractivity contribution in [3.05, 3.63) is 0 Å². The molecule has 2 rings (SSSR count). The molecule has 3 atom stereocenters. The first-order valence-corrected chi connectivity index (χ1v) is 6.53. The van der Waals surface area contributed by atoms with Gasteiger partial charge in [0.05, 0.1) is 7.11 Å². The normalized spacial score (nSPS) is 34.6. The molecule has 0 aromatic rings. The lowest BCUT2D eigenvalue weighted by molar-refractivity contribution is 0.160. The first-order chi connectivity index (χ1) is 8.19. The van der Waals surface area contributed by atoms with Crippen molar-refractivity contribution in [1.82, 2.24) is 10.2 Å². The summed E-state index contributed by atoms with van der Waals surface area (Å²) in [5.74, 6) is 0. The van der Waals surface area contributed by atoms with Gasteiger partial charge in [-0.15, -0.1) is 0 Å². The van der Waals surface area contributed by atoms with E-state index in [1.165, 1.54) is 20.0 Å². The molecule has 1 amide bonds. The fourth-order valence-electron chi connectivity index (χ4n) is 2.99. The second-order valence-electron chi connectivity index (χ2n) is 5.20. The molecule has 0 radical (unpaired) electrons. The fraction of sp³-hybridized carbons (Fsp3) is 0.917. The molecular formula is C12H23N3O2. The molecular weight excluding hydrogens is 218 g/mol. The fourth-order valence-corrected chi connectivity index (χ4v) is 2.99. The van der Waals surface area contributed by atoms with Gasteiger partial charge in [-0.05, 0) is 25.7 Å². The SMILES string of the molecule is COC(=O)NC1CCN(C2CCCC(N)C2)C1. The van der Waals surface area contributed by atoms with Crippen molar-refractivity contribution in [2.75, 3.05) is 20.2 Å². The number of nitrogens with zero attached hydrogens (tertiary/aromatic N) is 1. The van der Waals surface area contributed by atoms with Crippen molar-refractivity contribution in [2.24, 2.45) is 5.73 Å². The number of nitrogens with two attached hydrogens (primary N) is 1. The van der Waals surface area contributed by atoms with Crippen LogP contribution in [0.3, 0.4) is 0 Å². The van der Waals surface area contributed by atoms with Crippen molar-refractivity contribution in [3.63, 3.8) is 0 Å². The molecule has 1 saturated carbocycles. The highest BCUT2D eigenvalue weighted by atomic mass is 16.5. The number of likely N-dealkylation sites (tertiary alicyclic amines) is 1. The lowest BCUT2D eigenvalue weighted by Crippen LogP contribution is -2.43. The Kier molecular flexibility index (Phi) is 4.23. The highest BCUT2D eigenvalue weighted by molar-refractivity contribution is 5.67. The maximum atomic E-state index is 11.1. The molecule has 0 bridgehead atoms. The third-order valence-electron chi connectivity index (χ3n) is 3.93. The zero-order chi connectivity index (χ0) is 12.3. The Morgan fingerprint density at radius 1 is 1.41 bits per heavy atom. The molecule has 2 aliphatic rings. The van der Waals surface area contributed by atoms with Crippen LogP contribution in [0.15, 0.2) is 0 Å². The van der Waals surface area contributed by atoms with E-state index in [4.69, 9.17) is 5.73 Å². The quantitative estimate of drug-likeness (QED) is 0.746. The number of rotatable bonds is 2. The molecule has 98 valence electrons. The summed E-state index contributed by atoms with van der Waals surface area (Å²) in [6, 6.07) is 1.21. The van der Waals surface area contributed by atoms with Crippen LogP contribution < -0.4 is 11.1 Å². The standard InChI is InChI=1S/C12H23N3O2/c1-17-12(16)14-10-5-6-15(8-10)11-4-2-3-9(13)7-11/h9-11H,2-8,13H2,1H3,(H,14,16). The Morgan fingerprint density at radius 2 is 2.24 bits per heavy atom. The summed E-state index contributed by atoms with van der Waals surface area (Å²) in [7, 11) is 1.40. The van der Waals surface area contributed by atoms with Crippen LogP contribution in [0.5, 0.6) is 0 Å². The number of carbonyl (C=O) groups excluding carboxylic acids is 1. The summed E-state index contributed by atoms with van der Waals surface area (Å²) in [6.45, 7) is 2.00. The number of ether oxygens (including phenoxy) is 1. The first kappa shape index (κ1) is 12.6. The number of amides is 1. The number of hydrogen-bond acceptors (Lipinski definition) is 4. The highest BCUT2D eigenvalue weighted by Gasteiger charge is 2.31.